The van der Waals surface area contributed by atoms with E-state index in [0.717, 1.165) is 11.2 Å². The Bertz CT molecular complexity index is 2530. The second-order valence-electron chi connectivity index (χ2n) is 11.6. The van der Waals surface area contributed by atoms with Gasteiger partial charge in [0, 0.05) is 35.1 Å². The van der Waals surface area contributed by atoms with Crippen LogP contribution in [-0.4, -0.2) is 17.8 Å². The van der Waals surface area contributed by atoms with Gasteiger partial charge in [0.2, 0.25) is 0 Å². The van der Waals surface area contributed by atoms with Gasteiger partial charge >= 0.3 is 0 Å². The number of aliphatic imine (C=N–C) groups is 1. The molecule has 0 amide bonds. The average Bonchev–Trinajstić information content (AvgIpc) is 3.57. The molecule has 0 fully saturated rings. The molecular weight excluding hydrogens is 532 g/mol. The van der Waals surface area contributed by atoms with Crippen LogP contribution in [0.25, 0.3) is 93.2 Å². The fraction of sp³-hybridized carbons (Fsp3) is 0.0238. The molecule has 0 aliphatic heterocycles. The summed E-state index contributed by atoms with van der Waals surface area (Å²) in [6, 6.07) is 44.8. The van der Waals surface area contributed by atoms with Gasteiger partial charge in [-0.2, -0.15) is 0 Å². The third-order valence-corrected chi connectivity index (χ3v) is 9.28. The van der Waals surface area contributed by atoms with E-state index in [2.05, 4.69) is 137 Å². The van der Waals surface area contributed by atoms with Crippen LogP contribution in [0.15, 0.2) is 145 Å². The van der Waals surface area contributed by atoms with Crippen LogP contribution in [0, 0.1) is 0 Å². The molecule has 7 aromatic carbocycles. The molecule has 0 N–H and O–H groups in total. The molecule has 0 saturated heterocycles. The largest absolute Gasteiger partial charge is 0.309 e. The Morgan fingerprint density at radius 2 is 1.30 bits per heavy atom. The number of rotatable bonds is 4. The lowest BCUT2D eigenvalue weighted by molar-refractivity contribution is 1.25. The number of benzene rings is 7. The van der Waals surface area contributed by atoms with Crippen LogP contribution < -0.4 is 0 Å². The van der Waals surface area contributed by atoms with Crippen molar-refractivity contribution in [3.05, 3.63) is 140 Å². The normalized spacial score (nSPS) is 12.6. The van der Waals surface area contributed by atoms with E-state index in [4.69, 9.17) is 0 Å². The molecule has 0 bridgehead atoms. The van der Waals surface area contributed by atoms with E-state index >= 15 is 0 Å². The molecule has 0 atom stereocenters. The van der Waals surface area contributed by atoms with Crippen LogP contribution in [0.2, 0.25) is 0 Å². The van der Waals surface area contributed by atoms with Crippen LogP contribution in [0.1, 0.15) is 0 Å². The smallest absolute Gasteiger partial charge is 0.0619 e. The minimum Gasteiger partial charge on any atom is -0.309 e. The maximum Gasteiger partial charge on any atom is 0.0619 e. The molecule has 0 unspecified atom stereocenters. The predicted octanol–water partition coefficient (Wildman–Crippen LogP) is 11.3. The van der Waals surface area contributed by atoms with Crippen molar-refractivity contribution >= 4 is 66.0 Å². The molecule has 206 valence electrons. The predicted molar refractivity (Wildman–Crippen MR) is 191 cm³/mol. The van der Waals surface area contributed by atoms with Gasteiger partial charge < -0.3 is 4.57 Å². The summed E-state index contributed by atoms with van der Waals surface area (Å²) in [5.41, 5.74) is 11.0. The van der Waals surface area contributed by atoms with Crippen LogP contribution >= 0.6 is 0 Å². The highest BCUT2D eigenvalue weighted by Gasteiger charge is 2.24. The first kappa shape index (κ1) is 24.8. The summed E-state index contributed by atoms with van der Waals surface area (Å²) in [6.07, 6.45) is 5.78. The lowest BCUT2D eigenvalue weighted by atomic mass is 9.93. The maximum absolute atomic E-state index is 4.48. The summed E-state index contributed by atoms with van der Waals surface area (Å²) in [4.78, 5) is 4.12. The monoisotopic (exact) mass is 560 g/mol. The van der Waals surface area contributed by atoms with E-state index in [0.29, 0.717) is 0 Å². The topological polar surface area (TPSA) is 17.3 Å². The van der Waals surface area contributed by atoms with Crippen molar-refractivity contribution in [2.45, 2.75) is 0 Å². The fourth-order valence-corrected chi connectivity index (χ4v) is 7.35. The maximum atomic E-state index is 4.48. The van der Waals surface area contributed by atoms with Crippen molar-refractivity contribution in [1.82, 2.24) is 4.57 Å². The molecule has 1 aromatic heterocycles. The number of aromatic nitrogens is 1. The molecule has 1 aliphatic rings. The summed E-state index contributed by atoms with van der Waals surface area (Å²) < 4.78 is 2.30. The molecule has 0 radical (unpaired) electrons. The Morgan fingerprint density at radius 3 is 2.09 bits per heavy atom. The van der Waals surface area contributed by atoms with Gasteiger partial charge in [-0.3, -0.25) is 4.99 Å². The second-order valence-corrected chi connectivity index (χ2v) is 11.6. The van der Waals surface area contributed by atoms with Gasteiger partial charge in [-0.15, -0.1) is 0 Å². The van der Waals surface area contributed by atoms with Crippen molar-refractivity contribution in [3.8, 4) is 33.4 Å². The van der Waals surface area contributed by atoms with Crippen LogP contribution in [0.4, 0.5) is 0 Å². The van der Waals surface area contributed by atoms with Gasteiger partial charge in [0.05, 0.1) is 11.0 Å². The number of allylic oxidation sites excluding steroid dienone is 3. The van der Waals surface area contributed by atoms with Crippen molar-refractivity contribution < 1.29 is 0 Å². The highest BCUT2D eigenvalue weighted by atomic mass is 15.0. The van der Waals surface area contributed by atoms with Crippen molar-refractivity contribution in [1.29, 1.82) is 0 Å². The van der Waals surface area contributed by atoms with Crippen molar-refractivity contribution in [2.24, 2.45) is 4.99 Å². The molecule has 1 heterocycles. The Labute approximate surface area is 255 Å². The lowest BCUT2D eigenvalue weighted by Gasteiger charge is -2.11. The van der Waals surface area contributed by atoms with Gasteiger partial charge in [-0.25, -0.2) is 0 Å². The van der Waals surface area contributed by atoms with E-state index in [1.54, 1.807) is 13.3 Å². The van der Waals surface area contributed by atoms with E-state index in [1.807, 2.05) is 12.2 Å². The van der Waals surface area contributed by atoms with E-state index in [-0.39, 0.29) is 0 Å². The first-order valence-electron chi connectivity index (χ1n) is 15.0. The zero-order valence-electron chi connectivity index (χ0n) is 24.4. The van der Waals surface area contributed by atoms with E-state index in [9.17, 15) is 0 Å². The number of hydrogen-bond acceptors (Lipinski definition) is 1. The second kappa shape index (κ2) is 9.39. The van der Waals surface area contributed by atoms with Crippen LogP contribution in [-0.2, 0) is 0 Å². The number of nitrogens with zero attached hydrogens (tertiary/aromatic N) is 2. The highest BCUT2D eigenvalue weighted by molar-refractivity contribution is 6.22. The molecule has 2 nitrogen and oxygen atoms in total. The van der Waals surface area contributed by atoms with Crippen LogP contribution in [0.5, 0.6) is 0 Å². The van der Waals surface area contributed by atoms with Gasteiger partial charge in [-0.1, -0.05) is 104 Å². The molecule has 2 heteroatoms. The first-order chi connectivity index (χ1) is 21.7. The molecule has 0 spiro atoms. The third kappa shape index (κ3) is 3.46. The zero-order valence-corrected chi connectivity index (χ0v) is 24.4. The summed E-state index contributed by atoms with van der Waals surface area (Å²) in [7, 11) is 1.78. The fourth-order valence-electron chi connectivity index (χ4n) is 7.35. The Kier molecular flexibility index (Phi) is 5.30. The number of fused-ring (bicyclic) bond motifs is 9. The SMILES string of the molecule is C=C(/C=C\C=NC)n1c2ccc(-c3ccc4c5c(cccc35)-c3cc5ccccc5cc3-4)cc2c2ccc3ccccc3c21. The third-order valence-electron chi connectivity index (χ3n) is 9.28. The van der Waals surface area contributed by atoms with Gasteiger partial charge in [0.1, 0.15) is 0 Å². The minimum atomic E-state index is 0.907. The summed E-state index contributed by atoms with van der Waals surface area (Å²) in [5.74, 6) is 0. The lowest BCUT2D eigenvalue weighted by Crippen LogP contribution is -1.94. The molecular formula is C42H28N2. The first-order valence-corrected chi connectivity index (χ1v) is 15.0. The Morgan fingerprint density at radius 1 is 0.591 bits per heavy atom. The van der Waals surface area contributed by atoms with Gasteiger partial charge in [-0.05, 0) is 96.7 Å². The quantitative estimate of drug-likeness (QED) is 0.150. The molecule has 9 rings (SSSR count). The summed E-state index contributed by atoms with van der Waals surface area (Å²) in [6.45, 7) is 4.48. The van der Waals surface area contributed by atoms with Gasteiger partial charge in [0.15, 0.2) is 0 Å². The van der Waals surface area contributed by atoms with E-state index in [1.165, 1.54) is 82.0 Å². The molecule has 8 aromatic rings. The van der Waals surface area contributed by atoms with Crippen molar-refractivity contribution in [3.63, 3.8) is 0 Å². The standard InChI is InChI=1S/C42H28N2/c1-26(9-8-22-43-2)44-40-21-17-30(25-39(40)36-18-16-27-10-5-6-13-32(27)42(36)44)31-19-20-35-38-24-29-12-4-3-11-28(29)23-37(38)34-15-7-14-33(31)41(34)35/h3-25H,1H2,2H3/b9-8-,43-22?. The summed E-state index contributed by atoms with van der Waals surface area (Å²) in [5, 5.41) is 10.1. The molecule has 1 aliphatic carbocycles. The zero-order chi connectivity index (χ0) is 29.4. The average molecular weight is 561 g/mol. The highest BCUT2D eigenvalue weighted by Crippen LogP contribution is 2.50. The van der Waals surface area contributed by atoms with Gasteiger partial charge in [0.25, 0.3) is 0 Å². The molecule has 0 saturated carbocycles. The summed E-state index contributed by atoms with van der Waals surface area (Å²) >= 11 is 0. The van der Waals surface area contributed by atoms with Crippen LogP contribution in [0.3, 0.4) is 0 Å². The molecule has 44 heavy (non-hydrogen) atoms. The Hall–Kier alpha value is -5.73. The minimum absolute atomic E-state index is 0.907. The van der Waals surface area contributed by atoms with Crippen molar-refractivity contribution in [2.75, 3.05) is 7.05 Å². The Balaban J connectivity index is 1.29. The van der Waals surface area contributed by atoms with E-state index < -0.39 is 0 Å². The number of hydrogen-bond donors (Lipinski definition) is 0.